The third kappa shape index (κ3) is 4.79. The van der Waals surface area contributed by atoms with E-state index in [0.29, 0.717) is 5.92 Å². The SMILES string of the molecule is C1=CC2CC=c3cccc4ccc(c2c34)=C1c1ccc(-c2ccc3sc4ccc(-c5ccc(-c6ccc7ccc8c9c7c6CCC9=CCC8)cc5)cc4c3c2)cc1. The highest BCUT2D eigenvalue weighted by atomic mass is 32.1. The van der Waals surface area contributed by atoms with E-state index in [9.17, 15) is 0 Å². The molecular formula is C56H38S. The lowest BCUT2D eigenvalue weighted by atomic mass is 9.76. The molecule has 8 aromatic carbocycles. The summed E-state index contributed by atoms with van der Waals surface area (Å²) in [6, 6.07) is 53.4. The first-order valence-electron chi connectivity index (χ1n) is 20.6. The van der Waals surface area contributed by atoms with Gasteiger partial charge in [0.2, 0.25) is 0 Å². The summed E-state index contributed by atoms with van der Waals surface area (Å²) in [6.45, 7) is 0. The summed E-state index contributed by atoms with van der Waals surface area (Å²) in [5.41, 5.74) is 18.0. The van der Waals surface area contributed by atoms with Gasteiger partial charge in [-0.2, -0.15) is 0 Å². The number of aryl methyl sites for hydroxylation is 2. The average molecular weight is 743 g/mol. The lowest BCUT2D eigenvalue weighted by Gasteiger charge is -2.28. The van der Waals surface area contributed by atoms with Crippen LogP contribution in [0.4, 0.5) is 0 Å². The fourth-order valence-corrected chi connectivity index (χ4v) is 11.8. The van der Waals surface area contributed by atoms with Gasteiger partial charge in [0.05, 0.1) is 0 Å². The maximum atomic E-state index is 2.49. The van der Waals surface area contributed by atoms with Crippen molar-refractivity contribution in [1.82, 2.24) is 0 Å². The fraction of sp³-hybridized carbons (Fsp3) is 0.107. The minimum absolute atomic E-state index is 0.461. The molecule has 0 fully saturated rings. The normalized spacial score (nSPS) is 16.4. The molecule has 1 atom stereocenters. The maximum absolute atomic E-state index is 2.49. The molecule has 0 saturated heterocycles. The molecule has 0 spiro atoms. The Kier molecular flexibility index (Phi) is 6.77. The Morgan fingerprint density at radius 1 is 0.526 bits per heavy atom. The van der Waals surface area contributed by atoms with Gasteiger partial charge in [0, 0.05) is 26.1 Å². The van der Waals surface area contributed by atoms with Gasteiger partial charge >= 0.3 is 0 Å². The smallest absolute Gasteiger partial charge is 0.0355 e. The van der Waals surface area contributed by atoms with Crippen LogP contribution in [0.25, 0.3) is 92.3 Å². The average Bonchev–Trinajstić information content (AvgIpc) is 3.65. The highest BCUT2D eigenvalue weighted by Crippen LogP contribution is 2.45. The van der Waals surface area contributed by atoms with Crippen molar-refractivity contribution in [2.45, 2.75) is 38.0 Å². The van der Waals surface area contributed by atoms with Gasteiger partial charge in [0.15, 0.2) is 0 Å². The van der Waals surface area contributed by atoms with Crippen LogP contribution < -0.4 is 10.4 Å². The van der Waals surface area contributed by atoms with Crippen molar-refractivity contribution in [1.29, 1.82) is 0 Å². The standard InChI is InChI=1S/C56H38S/c1-3-37-15-17-41-19-25-45(47-27-21-39(5-1)53(37)55(41)47)35-11-7-33(8-12-35)43-23-29-51-49(31-43)50-32-44(24-30-52(50)57-51)34-9-13-36(14-10-34)46-26-20-42-18-16-38-4-2-6-40-22-28-48(46)56(42)54(38)40/h1,3,5-16,18-21,23-27,29-32,41H,2,4,17,22,28H2. The molecule has 4 aliphatic carbocycles. The summed E-state index contributed by atoms with van der Waals surface area (Å²) < 4.78 is 2.67. The lowest BCUT2D eigenvalue weighted by molar-refractivity contribution is 0.875. The number of fused-ring (bicyclic) bond motifs is 3. The molecule has 4 aliphatic rings. The van der Waals surface area contributed by atoms with Gasteiger partial charge in [-0.25, -0.2) is 0 Å². The third-order valence-corrected chi connectivity index (χ3v) is 14.7. The molecule has 57 heavy (non-hydrogen) atoms. The topological polar surface area (TPSA) is 0 Å². The molecule has 0 radical (unpaired) electrons. The van der Waals surface area contributed by atoms with Gasteiger partial charge in [-0.15, -0.1) is 11.3 Å². The Bertz CT molecular complexity index is 3400. The van der Waals surface area contributed by atoms with E-state index >= 15 is 0 Å². The molecule has 0 aliphatic heterocycles. The molecular weight excluding hydrogens is 705 g/mol. The lowest BCUT2D eigenvalue weighted by Crippen LogP contribution is -2.25. The fourth-order valence-electron chi connectivity index (χ4n) is 10.8. The van der Waals surface area contributed by atoms with Crippen molar-refractivity contribution in [2.75, 3.05) is 0 Å². The third-order valence-electron chi connectivity index (χ3n) is 13.5. The van der Waals surface area contributed by atoms with Crippen molar-refractivity contribution < 1.29 is 0 Å². The Balaban J connectivity index is 0.841. The van der Waals surface area contributed by atoms with Crippen LogP contribution in [0.5, 0.6) is 0 Å². The molecule has 1 aromatic heterocycles. The predicted molar refractivity (Wildman–Crippen MR) is 244 cm³/mol. The van der Waals surface area contributed by atoms with Crippen LogP contribution in [0.1, 0.15) is 53.0 Å². The number of thiophene rings is 1. The minimum Gasteiger partial charge on any atom is -0.135 e. The summed E-state index contributed by atoms with van der Waals surface area (Å²) in [5.74, 6) is 0.461. The molecule has 1 unspecified atom stereocenters. The summed E-state index contributed by atoms with van der Waals surface area (Å²) in [4.78, 5) is 0. The first-order valence-corrected chi connectivity index (χ1v) is 21.4. The molecule has 0 saturated carbocycles. The van der Waals surface area contributed by atoms with Gasteiger partial charge in [0.1, 0.15) is 0 Å². The number of hydrogen-bond acceptors (Lipinski definition) is 1. The van der Waals surface area contributed by atoms with Crippen LogP contribution in [0.3, 0.4) is 0 Å². The molecule has 13 rings (SSSR count). The van der Waals surface area contributed by atoms with E-state index in [1.54, 1.807) is 5.57 Å². The molecule has 0 nitrogen and oxygen atoms in total. The van der Waals surface area contributed by atoms with Gasteiger partial charge in [0.25, 0.3) is 0 Å². The van der Waals surface area contributed by atoms with E-state index in [1.807, 2.05) is 11.3 Å². The van der Waals surface area contributed by atoms with Crippen LogP contribution in [0.2, 0.25) is 0 Å². The van der Waals surface area contributed by atoms with Crippen LogP contribution >= 0.6 is 11.3 Å². The Morgan fingerprint density at radius 3 is 2.00 bits per heavy atom. The molecule has 0 bridgehead atoms. The Labute approximate surface area is 336 Å². The summed E-state index contributed by atoms with van der Waals surface area (Å²) >= 11 is 1.89. The van der Waals surface area contributed by atoms with Crippen LogP contribution in [-0.2, 0) is 12.8 Å². The second kappa shape index (κ2) is 12.1. The number of hydrogen-bond donors (Lipinski definition) is 0. The van der Waals surface area contributed by atoms with Crippen molar-refractivity contribution in [3.05, 3.63) is 196 Å². The Morgan fingerprint density at radius 2 is 1.21 bits per heavy atom. The highest BCUT2D eigenvalue weighted by molar-refractivity contribution is 7.25. The van der Waals surface area contributed by atoms with Crippen LogP contribution in [-0.4, -0.2) is 0 Å². The quantitative estimate of drug-likeness (QED) is 0.168. The number of allylic oxidation sites excluding steroid dienone is 4. The predicted octanol–water partition coefficient (Wildman–Crippen LogP) is 13.7. The van der Waals surface area contributed by atoms with E-state index in [4.69, 9.17) is 0 Å². The summed E-state index contributed by atoms with van der Waals surface area (Å²) in [7, 11) is 0. The first-order chi connectivity index (χ1) is 28.2. The largest absolute Gasteiger partial charge is 0.135 e. The van der Waals surface area contributed by atoms with Crippen molar-refractivity contribution >= 4 is 70.3 Å². The summed E-state index contributed by atoms with van der Waals surface area (Å²) in [6.07, 6.45) is 15.4. The van der Waals surface area contributed by atoms with Gasteiger partial charge in [-0.3, -0.25) is 0 Å². The van der Waals surface area contributed by atoms with E-state index in [1.165, 1.54) is 125 Å². The Hall–Kier alpha value is -6.28. The van der Waals surface area contributed by atoms with Crippen molar-refractivity contribution in [3.8, 4) is 33.4 Å². The first kappa shape index (κ1) is 31.9. The second-order valence-electron chi connectivity index (χ2n) is 16.5. The van der Waals surface area contributed by atoms with E-state index in [-0.39, 0.29) is 0 Å². The van der Waals surface area contributed by atoms with E-state index in [0.717, 1.165) is 25.7 Å². The van der Waals surface area contributed by atoms with Gasteiger partial charge in [-0.1, -0.05) is 140 Å². The molecule has 9 aromatic rings. The van der Waals surface area contributed by atoms with Crippen molar-refractivity contribution in [3.63, 3.8) is 0 Å². The van der Waals surface area contributed by atoms with Crippen LogP contribution in [0.15, 0.2) is 158 Å². The van der Waals surface area contributed by atoms with Crippen LogP contribution in [0, 0.1) is 0 Å². The van der Waals surface area contributed by atoms with Crippen molar-refractivity contribution in [2.24, 2.45) is 0 Å². The number of benzene rings is 8. The molecule has 1 heterocycles. The van der Waals surface area contributed by atoms with Gasteiger partial charge < -0.3 is 0 Å². The monoisotopic (exact) mass is 742 g/mol. The maximum Gasteiger partial charge on any atom is 0.0355 e. The number of rotatable bonds is 4. The molecule has 0 N–H and O–H groups in total. The molecule has 0 amide bonds. The van der Waals surface area contributed by atoms with E-state index in [2.05, 4.69) is 164 Å². The zero-order chi connectivity index (χ0) is 37.2. The van der Waals surface area contributed by atoms with E-state index < -0.39 is 0 Å². The zero-order valence-corrected chi connectivity index (χ0v) is 32.4. The minimum atomic E-state index is 0.461. The molecule has 1 heteroatoms. The molecule has 268 valence electrons. The van der Waals surface area contributed by atoms with Gasteiger partial charge in [-0.05, 0) is 161 Å². The summed E-state index contributed by atoms with van der Waals surface area (Å²) in [5, 5.41) is 11.1. The second-order valence-corrected chi connectivity index (χ2v) is 17.6. The zero-order valence-electron chi connectivity index (χ0n) is 31.6. The highest BCUT2D eigenvalue weighted by Gasteiger charge is 2.25.